The zero-order valence-electron chi connectivity index (χ0n) is 14.9. The maximum atomic E-state index is 12.1. The topological polar surface area (TPSA) is 69.2 Å². The molecule has 0 aliphatic carbocycles. The van der Waals surface area contributed by atoms with Gasteiger partial charge in [-0.05, 0) is 42.8 Å². The van der Waals surface area contributed by atoms with Crippen molar-refractivity contribution in [3.05, 3.63) is 52.5 Å². The van der Waals surface area contributed by atoms with Crippen molar-refractivity contribution in [1.82, 2.24) is 5.43 Å². The molecule has 0 aliphatic heterocycles. The molecule has 6 nitrogen and oxygen atoms in total. The summed E-state index contributed by atoms with van der Waals surface area (Å²) in [4.78, 5) is 12.1. The molecule has 2 aromatic carbocycles. The molecule has 0 aliphatic rings. The van der Waals surface area contributed by atoms with Crippen LogP contribution in [0.15, 0.2) is 41.5 Å². The van der Waals surface area contributed by atoms with E-state index in [0.29, 0.717) is 40.0 Å². The van der Waals surface area contributed by atoms with Crippen molar-refractivity contribution < 1.29 is 19.0 Å². The summed E-state index contributed by atoms with van der Waals surface area (Å²) in [6.45, 7) is 2.37. The van der Waals surface area contributed by atoms with Gasteiger partial charge in [-0.1, -0.05) is 17.7 Å². The normalized spacial score (nSPS) is 10.6. The summed E-state index contributed by atoms with van der Waals surface area (Å²) in [5.74, 6) is 1.52. The van der Waals surface area contributed by atoms with Crippen LogP contribution in [0.25, 0.3) is 0 Å². The number of rotatable bonds is 8. The van der Waals surface area contributed by atoms with Gasteiger partial charge in [0.05, 0.1) is 33.5 Å². The molecule has 0 aromatic heterocycles. The second-order valence-electron chi connectivity index (χ2n) is 5.24. The first-order chi connectivity index (χ1) is 12.6. The number of halogens is 1. The zero-order chi connectivity index (χ0) is 18.9. The number of carbonyl (C=O) groups is 1. The van der Waals surface area contributed by atoms with Gasteiger partial charge < -0.3 is 14.2 Å². The molecule has 7 heteroatoms. The third-order valence-electron chi connectivity index (χ3n) is 3.51. The molecule has 26 heavy (non-hydrogen) atoms. The van der Waals surface area contributed by atoms with Crippen molar-refractivity contribution >= 4 is 23.7 Å². The Balaban J connectivity index is 2.06. The number of nitrogens with zero attached hydrogens (tertiary/aromatic N) is 1. The third kappa shape index (κ3) is 5.13. The van der Waals surface area contributed by atoms with E-state index in [9.17, 15) is 4.79 Å². The highest BCUT2D eigenvalue weighted by molar-refractivity contribution is 6.31. The molecule has 0 bridgehead atoms. The summed E-state index contributed by atoms with van der Waals surface area (Å²) >= 11 is 6.11. The van der Waals surface area contributed by atoms with Crippen molar-refractivity contribution in [3.63, 3.8) is 0 Å². The van der Waals surface area contributed by atoms with E-state index in [1.807, 2.05) is 19.1 Å². The SMILES string of the molecule is CCOc1c(/C=N/NC(=O)Cc2cc(OC)ccc2Cl)cccc1OC. The first kappa shape index (κ1) is 19.6. The molecule has 0 radical (unpaired) electrons. The average Bonchev–Trinajstić information content (AvgIpc) is 2.64. The highest BCUT2D eigenvalue weighted by Crippen LogP contribution is 2.30. The van der Waals surface area contributed by atoms with Crippen LogP contribution in [0.5, 0.6) is 17.2 Å². The zero-order valence-corrected chi connectivity index (χ0v) is 15.7. The van der Waals surface area contributed by atoms with Crippen LogP contribution >= 0.6 is 11.6 Å². The fourth-order valence-electron chi connectivity index (χ4n) is 2.29. The third-order valence-corrected chi connectivity index (χ3v) is 3.88. The number of hydrazone groups is 1. The Morgan fingerprint density at radius 3 is 2.73 bits per heavy atom. The fourth-order valence-corrected chi connectivity index (χ4v) is 2.48. The van der Waals surface area contributed by atoms with E-state index in [4.69, 9.17) is 25.8 Å². The largest absolute Gasteiger partial charge is 0.497 e. The average molecular weight is 377 g/mol. The molecular formula is C19H21ClN2O4. The first-order valence-electron chi connectivity index (χ1n) is 8.03. The molecule has 0 spiro atoms. The van der Waals surface area contributed by atoms with Gasteiger partial charge in [0, 0.05) is 10.6 Å². The quantitative estimate of drug-likeness (QED) is 0.566. The summed E-state index contributed by atoms with van der Waals surface area (Å²) < 4.78 is 16.0. The molecule has 0 fully saturated rings. The minimum absolute atomic E-state index is 0.0871. The Hall–Kier alpha value is -2.73. The van der Waals surface area contributed by atoms with Crippen LogP contribution in [0.3, 0.4) is 0 Å². The Labute approximate surface area is 157 Å². The minimum Gasteiger partial charge on any atom is -0.497 e. The lowest BCUT2D eigenvalue weighted by Crippen LogP contribution is -2.20. The number of ether oxygens (including phenoxy) is 3. The molecule has 0 saturated heterocycles. The number of para-hydroxylation sites is 1. The molecule has 1 N–H and O–H groups in total. The lowest BCUT2D eigenvalue weighted by Gasteiger charge is -2.11. The molecule has 2 aromatic rings. The molecule has 138 valence electrons. The lowest BCUT2D eigenvalue weighted by atomic mass is 10.1. The van der Waals surface area contributed by atoms with Gasteiger partial charge in [-0.3, -0.25) is 4.79 Å². The Kier molecular flexibility index (Phi) is 7.29. The van der Waals surface area contributed by atoms with E-state index < -0.39 is 0 Å². The smallest absolute Gasteiger partial charge is 0.244 e. The van der Waals surface area contributed by atoms with E-state index >= 15 is 0 Å². The van der Waals surface area contributed by atoms with Crippen LogP contribution in [-0.2, 0) is 11.2 Å². The maximum Gasteiger partial charge on any atom is 0.244 e. The summed E-state index contributed by atoms with van der Waals surface area (Å²) in [5.41, 5.74) is 3.85. The van der Waals surface area contributed by atoms with Gasteiger partial charge in [0.25, 0.3) is 0 Å². The van der Waals surface area contributed by atoms with Crippen LogP contribution in [0.2, 0.25) is 5.02 Å². The molecule has 0 heterocycles. The summed E-state index contributed by atoms with van der Waals surface area (Å²) in [6.07, 6.45) is 1.60. The predicted molar refractivity (Wildman–Crippen MR) is 102 cm³/mol. The molecule has 0 saturated carbocycles. The maximum absolute atomic E-state index is 12.1. The van der Waals surface area contributed by atoms with Crippen molar-refractivity contribution in [1.29, 1.82) is 0 Å². The van der Waals surface area contributed by atoms with E-state index in [2.05, 4.69) is 10.5 Å². The van der Waals surface area contributed by atoms with Crippen molar-refractivity contribution in [2.45, 2.75) is 13.3 Å². The van der Waals surface area contributed by atoms with E-state index in [-0.39, 0.29) is 12.3 Å². The Bertz CT molecular complexity index is 793. The lowest BCUT2D eigenvalue weighted by molar-refractivity contribution is -0.120. The molecule has 1 amide bonds. The van der Waals surface area contributed by atoms with Crippen LogP contribution in [0, 0.1) is 0 Å². The van der Waals surface area contributed by atoms with Gasteiger partial charge in [-0.15, -0.1) is 0 Å². The number of hydrogen-bond donors (Lipinski definition) is 1. The van der Waals surface area contributed by atoms with Crippen LogP contribution in [0.4, 0.5) is 0 Å². The highest BCUT2D eigenvalue weighted by Gasteiger charge is 2.10. The molecular weight excluding hydrogens is 356 g/mol. The Morgan fingerprint density at radius 1 is 1.23 bits per heavy atom. The first-order valence-corrected chi connectivity index (χ1v) is 8.41. The predicted octanol–water partition coefficient (Wildman–Crippen LogP) is 3.45. The summed E-state index contributed by atoms with van der Waals surface area (Å²) in [6, 6.07) is 10.6. The second kappa shape index (κ2) is 9.68. The van der Waals surface area contributed by atoms with Gasteiger partial charge >= 0.3 is 0 Å². The number of benzene rings is 2. The van der Waals surface area contributed by atoms with Crippen molar-refractivity contribution in [2.75, 3.05) is 20.8 Å². The monoisotopic (exact) mass is 376 g/mol. The van der Waals surface area contributed by atoms with Crippen molar-refractivity contribution in [2.24, 2.45) is 5.10 Å². The summed E-state index contributed by atoms with van der Waals surface area (Å²) in [7, 11) is 3.12. The standard InChI is InChI=1S/C19H21ClN2O4/c1-4-26-19-13(6-5-7-17(19)25-3)12-21-22-18(23)11-14-10-15(24-2)8-9-16(14)20/h5-10,12H,4,11H2,1-3H3,(H,22,23)/b21-12+. The number of nitrogens with one attached hydrogen (secondary N) is 1. The van der Waals surface area contributed by atoms with Gasteiger partial charge in [-0.25, -0.2) is 5.43 Å². The van der Waals surface area contributed by atoms with Gasteiger partial charge in [0.2, 0.25) is 5.91 Å². The van der Waals surface area contributed by atoms with Crippen LogP contribution in [-0.4, -0.2) is 32.9 Å². The van der Waals surface area contributed by atoms with Crippen LogP contribution in [0.1, 0.15) is 18.1 Å². The van der Waals surface area contributed by atoms with E-state index in [1.54, 1.807) is 38.5 Å². The number of amides is 1. The minimum atomic E-state index is -0.294. The highest BCUT2D eigenvalue weighted by atomic mass is 35.5. The fraction of sp³-hybridized carbons (Fsp3) is 0.263. The molecule has 2 rings (SSSR count). The van der Waals surface area contributed by atoms with Gasteiger partial charge in [0.1, 0.15) is 5.75 Å². The van der Waals surface area contributed by atoms with Gasteiger partial charge in [-0.2, -0.15) is 5.10 Å². The van der Waals surface area contributed by atoms with Gasteiger partial charge in [0.15, 0.2) is 11.5 Å². The molecule has 0 unspecified atom stereocenters. The summed E-state index contributed by atoms with van der Waals surface area (Å²) in [5, 5.41) is 4.49. The molecule has 0 atom stereocenters. The second-order valence-corrected chi connectivity index (χ2v) is 5.65. The van der Waals surface area contributed by atoms with Crippen molar-refractivity contribution in [3.8, 4) is 17.2 Å². The number of methoxy groups -OCH3 is 2. The Morgan fingerprint density at radius 2 is 2.04 bits per heavy atom. The number of hydrogen-bond acceptors (Lipinski definition) is 5. The number of carbonyl (C=O) groups excluding carboxylic acids is 1. The van der Waals surface area contributed by atoms with E-state index in [0.717, 1.165) is 0 Å². The van der Waals surface area contributed by atoms with Crippen LogP contribution < -0.4 is 19.6 Å². The van der Waals surface area contributed by atoms with E-state index in [1.165, 1.54) is 6.21 Å².